The first-order chi connectivity index (χ1) is 23.7. The Morgan fingerprint density at radius 2 is 1.03 bits per heavy atom. The fraction of sp³-hybridized carbons (Fsp3) is 0.792. The number of benzene rings is 1. The summed E-state index contributed by atoms with van der Waals surface area (Å²) in [6, 6.07) is 5.32. The third-order valence-electron chi connectivity index (χ3n) is 9.84. The molecule has 0 bridgehead atoms. The van der Waals surface area contributed by atoms with Gasteiger partial charge in [-0.15, -0.1) is 0 Å². The van der Waals surface area contributed by atoms with Gasteiger partial charge in [0.25, 0.3) is 0 Å². The summed E-state index contributed by atoms with van der Waals surface area (Å²) in [4.78, 5) is 49.3. The van der Waals surface area contributed by atoms with Crippen molar-refractivity contribution in [2.75, 3.05) is 6.54 Å². The van der Waals surface area contributed by atoms with E-state index in [1.807, 2.05) is 6.92 Å². The zero-order valence-electron chi connectivity index (χ0n) is 32.5. The van der Waals surface area contributed by atoms with E-state index in [2.05, 4.69) is 12.2 Å². The number of nitrogens with two attached hydrogens (primary N) is 1. The largest absolute Gasteiger partial charge is 1.00 e. The number of hydrogen-bond acceptors (Lipinski definition) is 8. The SMILES string of the molecule is C.C.C.C.C.C.C.C.C.C.CCCCCCCCCCCCCCCCNC(=O)C(CC(CC(C)C(=O)O)C(N)=O)CC(CC(CC)c1ccc(S(=O)(=O)[O-])cc1)C(=O)[O-].[K+].[Na+]. The second kappa shape index (κ2) is 53.3. The van der Waals surface area contributed by atoms with Crippen LogP contribution in [0.5, 0.6) is 0 Å². The van der Waals surface area contributed by atoms with Crippen molar-refractivity contribution in [1.82, 2.24) is 5.32 Å². The quantitative estimate of drug-likeness (QED) is 0.0442. The fourth-order valence-corrected chi connectivity index (χ4v) is 7.08. The standard InChI is InChI=1S/C38H64N2O9S.10CH4.K.Na/c1-4-6-7-8-9-10-11-12-13-14-15-16-17-18-23-40-36(42)32(26-31(35(39)41)24-28(3)37(43)44)27-33(38(45)46)25-29(5-2)30-19-21-34(22-20-30)50(47,48)49;;;;;;;;;;;;/h19-22,28-29,31-33H,4-18,23-27H2,1-3H3,(H2,39,41)(H,40,42)(H,43,44)(H,45,46)(H,47,48,49);10*1H4;;/q;;;;;;;;;;;2*+1/p-2. The van der Waals surface area contributed by atoms with Gasteiger partial charge >= 0.3 is 86.9 Å². The number of nitrogens with one attached hydrogen (secondary N) is 1. The molecule has 0 saturated heterocycles. The molecule has 62 heavy (non-hydrogen) atoms. The van der Waals surface area contributed by atoms with Gasteiger partial charge in [-0.1, -0.05) is 191 Å². The van der Waals surface area contributed by atoms with E-state index in [-0.39, 0.29) is 187 Å². The number of aliphatic carboxylic acids is 2. The summed E-state index contributed by atoms with van der Waals surface area (Å²) in [6.07, 6.45) is 17.0. The molecule has 5 unspecified atom stereocenters. The summed E-state index contributed by atoms with van der Waals surface area (Å²) in [5.41, 5.74) is 6.26. The molecule has 0 aliphatic carbocycles. The van der Waals surface area contributed by atoms with E-state index in [1.165, 1.54) is 95.4 Å². The van der Waals surface area contributed by atoms with Gasteiger partial charge in [0.05, 0.1) is 10.8 Å². The van der Waals surface area contributed by atoms with E-state index in [4.69, 9.17) is 5.73 Å². The molecule has 0 fully saturated rings. The van der Waals surface area contributed by atoms with E-state index >= 15 is 0 Å². The van der Waals surface area contributed by atoms with Crippen LogP contribution < -0.4 is 97.1 Å². The van der Waals surface area contributed by atoms with Crippen LogP contribution in [-0.2, 0) is 29.3 Å². The molecule has 1 rings (SSSR count). The molecule has 11 nitrogen and oxygen atoms in total. The molecule has 1 aromatic carbocycles. The molecule has 14 heteroatoms. The first-order valence-electron chi connectivity index (χ1n) is 18.8. The van der Waals surface area contributed by atoms with E-state index in [0.717, 1.165) is 25.7 Å². The molecule has 5 atom stereocenters. The van der Waals surface area contributed by atoms with Crippen LogP contribution >= 0.6 is 0 Å². The second-order valence-corrected chi connectivity index (χ2v) is 15.4. The number of carboxylic acids is 2. The Bertz CT molecular complexity index is 1270. The summed E-state index contributed by atoms with van der Waals surface area (Å²) >= 11 is 0. The normalized spacial score (nSPS) is 11.9. The average molecular weight is 946 g/mol. The van der Waals surface area contributed by atoms with Crippen molar-refractivity contribution in [3.05, 3.63) is 29.8 Å². The number of amides is 2. The Labute approximate surface area is 451 Å². The molecule has 366 valence electrons. The third-order valence-corrected chi connectivity index (χ3v) is 10.7. The van der Waals surface area contributed by atoms with Crippen molar-refractivity contribution >= 4 is 33.9 Å². The minimum Gasteiger partial charge on any atom is -0.744 e. The Morgan fingerprint density at radius 3 is 1.37 bits per heavy atom. The zero-order chi connectivity index (χ0) is 37.5. The average Bonchev–Trinajstić information content (AvgIpc) is 3.06. The number of hydrogen-bond donors (Lipinski definition) is 3. The molecule has 0 heterocycles. The van der Waals surface area contributed by atoms with Gasteiger partial charge in [0.15, 0.2) is 0 Å². The summed E-state index contributed by atoms with van der Waals surface area (Å²) in [6.45, 7) is 5.91. The van der Waals surface area contributed by atoms with Crippen LogP contribution in [0.25, 0.3) is 0 Å². The number of carbonyl (C=O) groups excluding carboxylic acids is 3. The van der Waals surface area contributed by atoms with Crippen molar-refractivity contribution < 1.29 is 123 Å². The molecule has 4 N–H and O–H groups in total. The van der Waals surface area contributed by atoms with Gasteiger partial charge < -0.3 is 30.6 Å². The monoisotopic (exact) mass is 945 g/mol. The number of rotatable bonds is 30. The molecule has 1 aromatic rings. The van der Waals surface area contributed by atoms with Crippen LogP contribution in [0.3, 0.4) is 0 Å². The molecule has 0 radical (unpaired) electrons. The van der Waals surface area contributed by atoms with Gasteiger partial charge in [-0.05, 0) is 68.1 Å². The molecule has 0 saturated carbocycles. The van der Waals surface area contributed by atoms with Crippen molar-refractivity contribution in [2.24, 2.45) is 29.4 Å². The summed E-state index contributed by atoms with van der Waals surface area (Å²) in [5.74, 6) is -7.90. The van der Waals surface area contributed by atoms with Gasteiger partial charge in [-0.3, -0.25) is 14.4 Å². The van der Waals surface area contributed by atoms with Crippen molar-refractivity contribution in [2.45, 2.75) is 228 Å². The maximum Gasteiger partial charge on any atom is 1.00 e. The Hall–Kier alpha value is -0.354. The van der Waals surface area contributed by atoms with Crippen LogP contribution in [-0.4, -0.2) is 48.4 Å². The molecule has 2 amide bonds. The number of primary amides is 1. The van der Waals surface area contributed by atoms with Crippen LogP contribution in [0.2, 0.25) is 0 Å². The Balaban J connectivity index is -0.000000208. The predicted molar refractivity (Wildman–Crippen MR) is 258 cm³/mol. The van der Waals surface area contributed by atoms with Gasteiger partial charge in [-0.25, -0.2) is 8.42 Å². The topological polar surface area (TPSA) is 207 Å². The van der Waals surface area contributed by atoms with Crippen molar-refractivity contribution in [3.8, 4) is 0 Å². The molecule has 0 aliphatic heterocycles. The van der Waals surface area contributed by atoms with Gasteiger partial charge in [0.2, 0.25) is 11.8 Å². The number of unbranched alkanes of at least 4 members (excludes halogenated alkanes) is 13. The molecular formula is C48H102KN2NaO9S. The molecular weight excluding hydrogens is 843 g/mol. The second-order valence-electron chi connectivity index (χ2n) is 14.0. The maximum atomic E-state index is 13.5. The van der Waals surface area contributed by atoms with Crippen LogP contribution in [0.4, 0.5) is 0 Å². The van der Waals surface area contributed by atoms with Gasteiger partial charge in [0.1, 0.15) is 10.1 Å². The number of carboxylic acid groups (broad SMARTS) is 2. The fourth-order valence-electron chi connectivity index (χ4n) is 6.61. The van der Waals surface area contributed by atoms with Gasteiger partial charge in [0, 0.05) is 24.3 Å². The Kier molecular flexibility index (Phi) is 79.0. The van der Waals surface area contributed by atoms with E-state index < -0.39 is 62.4 Å². The van der Waals surface area contributed by atoms with Crippen molar-refractivity contribution in [3.63, 3.8) is 0 Å². The summed E-state index contributed by atoms with van der Waals surface area (Å²) < 4.78 is 34.1. The first-order valence-corrected chi connectivity index (χ1v) is 20.2. The summed E-state index contributed by atoms with van der Waals surface area (Å²) in [7, 11) is -4.64. The van der Waals surface area contributed by atoms with Gasteiger partial charge in [-0.2, -0.15) is 0 Å². The molecule has 0 aliphatic rings. The first kappa shape index (κ1) is 92.0. The molecule has 0 aromatic heterocycles. The van der Waals surface area contributed by atoms with E-state index in [0.29, 0.717) is 18.5 Å². The summed E-state index contributed by atoms with van der Waals surface area (Å²) in [5, 5.41) is 24.7. The van der Waals surface area contributed by atoms with Crippen LogP contribution in [0, 0.1) is 23.7 Å². The van der Waals surface area contributed by atoms with Crippen LogP contribution in [0.1, 0.15) is 229 Å². The van der Waals surface area contributed by atoms with E-state index in [1.54, 1.807) is 0 Å². The maximum absolute atomic E-state index is 13.5. The zero-order valence-corrected chi connectivity index (χ0v) is 38.5. The smallest absolute Gasteiger partial charge is 0.744 e. The minimum atomic E-state index is -4.64. The predicted octanol–water partition coefficient (Wildman–Crippen LogP) is 6.42. The van der Waals surface area contributed by atoms with Crippen molar-refractivity contribution in [1.29, 1.82) is 0 Å². The van der Waals surface area contributed by atoms with E-state index in [9.17, 15) is 42.4 Å². The third kappa shape index (κ3) is 41.1. The minimum absolute atomic E-state index is 0. The number of carbonyl (C=O) groups is 4. The molecule has 0 spiro atoms. The Morgan fingerprint density at radius 1 is 0.645 bits per heavy atom. The van der Waals surface area contributed by atoms with Crippen LogP contribution in [0.15, 0.2) is 29.2 Å².